The van der Waals surface area contributed by atoms with E-state index in [4.69, 9.17) is 15.8 Å². The Balaban J connectivity index is 2.85. The van der Waals surface area contributed by atoms with Crippen LogP contribution in [0, 0.1) is 0 Å². The quantitative estimate of drug-likeness (QED) is 0.403. The molecule has 9 heavy (non-hydrogen) atoms. The Morgan fingerprint density at radius 1 is 1.56 bits per heavy atom. The maximum absolute atomic E-state index is 8.44. The van der Waals surface area contributed by atoms with E-state index >= 15 is 0 Å². The first-order valence-electron chi connectivity index (χ1n) is 2.40. The maximum atomic E-state index is 8.44. The Hall–Kier alpha value is -0.935. The smallest absolute Gasteiger partial charge is 0.471 e. The van der Waals surface area contributed by atoms with Gasteiger partial charge in [0, 0.05) is 0 Å². The highest BCUT2D eigenvalue weighted by Crippen LogP contribution is 1.97. The molecule has 1 aromatic heterocycles. The lowest BCUT2D eigenvalue weighted by molar-refractivity contribution is 0.409. The van der Waals surface area contributed by atoms with Gasteiger partial charge in [0.15, 0.2) is 0 Å². The van der Waals surface area contributed by atoms with E-state index in [1.54, 1.807) is 0 Å². The minimum absolute atomic E-state index is 0.0625. The highest BCUT2D eigenvalue weighted by atomic mass is 16.4. The van der Waals surface area contributed by atoms with E-state index in [2.05, 4.69) is 4.42 Å². The molecule has 0 bridgehead atoms. The molecule has 0 fully saturated rings. The van der Waals surface area contributed by atoms with Gasteiger partial charge >= 0.3 is 7.12 Å². The van der Waals surface area contributed by atoms with Crippen LogP contribution in [-0.2, 0) is 0 Å². The minimum Gasteiger partial charge on any atom is -0.471 e. The van der Waals surface area contributed by atoms with Gasteiger partial charge < -0.3 is 20.2 Å². The number of rotatable bonds is 1. The molecule has 4 N–H and O–H groups in total. The average Bonchev–Trinajstić information content (AvgIpc) is 2.14. The fraction of sp³-hybridized carbons (Fsp3) is 0. The predicted molar refractivity (Wildman–Crippen MR) is 32.9 cm³/mol. The molecule has 0 aliphatic carbocycles. The SMILES string of the molecule is Nc1coc(B(O)O)c1. The second-order valence-electron chi connectivity index (χ2n) is 1.66. The van der Waals surface area contributed by atoms with E-state index in [-0.39, 0.29) is 5.66 Å². The number of hydrogen-bond acceptors (Lipinski definition) is 4. The molecule has 0 aliphatic rings. The standard InChI is InChI=1S/C4H6BNO3/c6-3-1-4(5(7)8)9-2-3/h1-2,7-8H,6H2. The van der Waals surface area contributed by atoms with Crippen molar-refractivity contribution in [1.29, 1.82) is 0 Å². The van der Waals surface area contributed by atoms with Crippen LogP contribution in [0.1, 0.15) is 0 Å². The van der Waals surface area contributed by atoms with Crippen molar-refractivity contribution in [2.45, 2.75) is 0 Å². The van der Waals surface area contributed by atoms with Crippen molar-refractivity contribution in [3.8, 4) is 0 Å². The van der Waals surface area contributed by atoms with Crippen molar-refractivity contribution in [1.82, 2.24) is 0 Å². The fourth-order valence-electron chi connectivity index (χ4n) is 0.504. The highest BCUT2D eigenvalue weighted by Gasteiger charge is 2.14. The van der Waals surface area contributed by atoms with Gasteiger partial charge in [-0.15, -0.1) is 0 Å². The Labute approximate surface area is 52.0 Å². The number of anilines is 1. The van der Waals surface area contributed by atoms with E-state index in [0.717, 1.165) is 0 Å². The van der Waals surface area contributed by atoms with E-state index in [1.807, 2.05) is 0 Å². The van der Waals surface area contributed by atoms with Crippen LogP contribution in [0.4, 0.5) is 5.69 Å². The fourth-order valence-corrected chi connectivity index (χ4v) is 0.504. The molecule has 1 aromatic rings. The van der Waals surface area contributed by atoms with E-state index in [1.165, 1.54) is 12.3 Å². The molecule has 4 nitrogen and oxygen atoms in total. The van der Waals surface area contributed by atoms with Crippen LogP contribution >= 0.6 is 0 Å². The minimum atomic E-state index is -1.57. The van der Waals surface area contributed by atoms with Crippen LogP contribution in [0.5, 0.6) is 0 Å². The number of furan rings is 1. The van der Waals surface area contributed by atoms with Crippen LogP contribution in [-0.4, -0.2) is 17.2 Å². The largest absolute Gasteiger partial charge is 0.526 e. The third kappa shape index (κ3) is 1.25. The summed E-state index contributed by atoms with van der Waals surface area (Å²) in [5.41, 5.74) is 5.65. The van der Waals surface area contributed by atoms with Crippen LogP contribution in [0.3, 0.4) is 0 Å². The van der Waals surface area contributed by atoms with Gasteiger partial charge in [-0.1, -0.05) is 0 Å². The van der Waals surface area contributed by atoms with Gasteiger partial charge in [0.05, 0.1) is 5.69 Å². The van der Waals surface area contributed by atoms with Crippen LogP contribution in [0.25, 0.3) is 0 Å². The Morgan fingerprint density at radius 3 is 2.44 bits per heavy atom. The summed E-state index contributed by atoms with van der Waals surface area (Å²) in [6.07, 6.45) is 1.24. The lowest BCUT2D eigenvalue weighted by Crippen LogP contribution is -2.27. The molecule has 0 saturated carbocycles. The summed E-state index contributed by atoms with van der Waals surface area (Å²) in [4.78, 5) is 0. The summed E-state index contributed by atoms with van der Waals surface area (Å²) in [5.74, 6) is 0. The summed E-state index contributed by atoms with van der Waals surface area (Å²) in [6.45, 7) is 0. The number of hydrogen-bond donors (Lipinski definition) is 3. The Kier molecular flexibility index (Phi) is 1.46. The molecule has 1 rings (SSSR count). The van der Waals surface area contributed by atoms with Crippen LogP contribution in [0.15, 0.2) is 16.7 Å². The van der Waals surface area contributed by atoms with Gasteiger partial charge in [0.1, 0.15) is 11.9 Å². The molecule has 0 aromatic carbocycles. The molecule has 48 valence electrons. The average molecular weight is 127 g/mol. The molecule has 1 heterocycles. The van der Waals surface area contributed by atoms with Gasteiger partial charge in [-0.2, -0.15) is 0 Å². The lowest BCUT2D eigenvalue weighted by Gasteiger charge is -1.86. The summed E-state index contributed by atoms with van der Waals surface area (Å²) >= 11 is 0. The molecule has 0 unspecified atom stereocenters. The molecular formula is C4H6BNO3. The molecule has 0 saturated heterocycles. The zero-order valence-electron chi connectivity index (χ0n) is 4.61. The Bertz CT molecular complexity index is 197. The summed E-state index contributed by atoms with van der Waals surface area (Å²) in [5, 5.41) is 16.9. The second-order valence-corrected chi connectivity index (χ2v) is 1.66. The van der Waals surface area contributed by atoms with E-state index in [0.29, 0.717) is 5.69 Å². The summed E-state index contributed by atoms with van der Waals surface area (Å²) in [7, 11) is -1.57. The van der Waals surface area contributed by atoms with Gasteiger partial charge in [0.2, 0.25) is 0 Å². The molecule has 0 amide bonds. The van der Waals surface area contributed by atoms with Gasteiger partial charge in [-0.25, -0.2) is 0 Å². The highest BCUT2D eigenvalue weighted by molar-refractivity contribution is 6.57. The third-order valence-electron chi connectivity index (χ3n) is 0.894. The molecule has 0 spiro atoms. The summed E-state index contributed by atoms with van der Waals surface area (Å²) in [6, 6.07) is 1.35. The van der Waals surface area contributed by atoms with Gasteiger partial charge in [0.25, 0.3) is 0 Å². The molecule has 5 heteroatoms. The Morgan fingerprint density at radius 2 is 2.22 bits per heavy atom. The first-order chi connectivity index (χ1) is 4.20. The maximum Gasteiger partial charge on any atom is 0.526 e. The normalized spacial score (nSPS) is 9.56. The number of nitrogens with two attached hydrogens (primary N) is 1. The van der Waals surface area contributed by atoms with Crippen molar-refractivity contribution < 1.29 is 14.5 Å². The predicted octanol–water partition coefficient (Wildman–Crippen LogP) is -1.46. The van der Waals surface area contributed by atoms with Gasteiger partial charge in [-0.05, 0) is 6.07 Å². The summed E-state index contributed by atoms with van der Waals surface area (Å²) < 4.78 is 4.60. The monoisotopic (exact) mass is 127 g/mol. The van der Waals surface area contributed by atoms with Gasteiger partial charge in [-0.3, -0.25) is 0 Å². The van der Waals surface area contributed by atoms with E-state index in [9.17, 15) is 0 Å². The van der Waals surface area contributed by atoms with Crippen molar-refractivity contribution in [3.05, 3.63) is 12.3 Å². The third-order valence-corrected chi connectivity index (χ3v) is 0.894. The van der Waals surface area contributed by atoms with Crippen molar-refractivity contribution in [2.75, 3.05) is 5.73 Å². The van der Waals surface area contributed by atoms with Crippen molar-refractivity contribution in [3.63, 3.8) is 0 Å². The second kappa shape index (κ2) is 2.12. The topological polar surface area (TPSA) is 79.6 Å². The molecule has 0 atom stereocenters. The first-order valence-corrected chi connectivity index (χ1v) is 2.40. The first kappa shape index (κ1) is 6.19. The molecule has 0 radical (unpaired) electrons. The van der Waals surface area contributed by atoms with Crippen molar-refractivity contribution in [2.24, 2.45) is 0 Å². The lowest BCUT2D eigenvalue weighted by atomic mass is 9.88. The zero-order valence-corrected chi connectivity index (χ0v) is 4.61. The van der Waals surface area contributed by atoms with E-state index < -0.39 is 7.12 Å². The molecular weight excluding hydrogens is 121 g/mol. The number of nitrogen functional groups attached to an aromatic ring is 1. The zero-order chi connectivity index (χ0) is 6.85. The molecule has 0 aliphatic heterocycles. The van der Waals surface area contributed by atoms with Crippen molar-refractivity contribution >= 4 is 18.5 Å². The van der Waals surface area contributed by atoms with Crippen LogP contribution in [0.2, 0.25) is 0 Å². The van der Waals surface area contributed by atoms with Crippen LogP contribution < -0.4 is 11.4 Å².